The molecule has 0 spiro atoms. The highest BCUT2D eigenvalue weighted by Crippen LogP contribution is 2.18. The second-order valence-corrected chi connectivity index (χ2v) is 9.26. The molecule has 0 amide bonds. The summed E-state index contributed by atoms with van der Waals surface area (Å²) in [7, 11) is 0. The van der Waals surface area contributed by atoms with E-state index in [-0.39, 0.29) is 19.2 Å². The van der Waals surface area contributed by atoms with Gasteiger partial charge in [0.2, 0.25) is 0 Å². The number of hydrogen-bond donors (Lipinski definition) is 0. The van der Waals surface area contributed by atoms with Crippen LogP contribution in [-0.4, -0.2) is 11.9 Å². The third-order valence-electron chi connectivity index (χ3n) is 6.35. The van der Waals surface area contributed by atoms with E-state index in [9.17, 15) is 9.59 Å². The van der Waals surface area contributed by atoms with Crippen molar-refractivity contribution in [3.63, 3.8) is 0 Å². The number of esters is 2. The van der Waals surface area contributed by atoms with Crippen LogP contribution in [0.25, 0.3) is 0 Å². The summed E-state index contributed by atoms with van der Waals surface area (Å²) in [6.45, 7) is 11.4. The first-order chi connectivity index (χ1) is 17.9. The highest BCUT2D eigenvalue weighted by atomic mass is 16.5. The van der Waals surface area contributed by atoms with Gasteiger partial charge in [0.1, 0.15) is 13.2 Å². The Bertz CT molecular complexity index is 1220. The normalized spacial score (nSPS) is 10.5. The Kier molecular flexibility index (Phi) is 10.5. The molecule has 0 aliphatic heterocycles. The number of rotatable bonds is 13. The van der Waals surface area contributed by atoms with E-state index in [2.05, 4.69) is 62.5 Å². The summed E-state index contributed by atoms with van der Waals surface area (Å²) in [5.41, 5.74) is 9.03. The summed E-state index contributed by atoms with van der Waals surface area (Å²) in [5, 5.41) is 0. The molecule has 3 rings (SSSR count). The minimum Gasteiger partial charge on any atom is -0.458 e. The molecule has 0 fully saturated rings. The van der Waals surface area contributed by atoms with Gasteiger partial charge in [0, 0.05) is 11.6 Å². The van der Waals surface area contributed by atoms with Crippen LogP contribution < -0.4 is 0 Å². The van der Waals surface area contributed by atoms with Gasteiger partial charge >= 0.3 is 11.9 Å². The molecule has 0 aromatic heterocycles. The van der Waals surface area contributed by atoms with Gasteiger partial charge in [0.15, 0.2) is 0 Å². The van der Waals surface area contributed by atoms with E-state index in [1.807, 2.05) is 24.3 Å². The molecule has 37 heavy (non-hydrogen) atoms. The summed E-state index contributed by atoms with van der Waals surface area (Å²) >= 11 is 0. The van der Waals surface area contributed by atoms with Crippen LogP contribution in [0.4, 0.5) is 0 Å². The van der Waals surface area contributed by atoms with E-state index >= 15 is 0 Å². The molecule has 0 radical (unpaired) electrons. The Morgan fingerprint density at radius 2 is 1.19 bits per heavy atom. The molecule has 0 aliphatic carbocycles. The van der Waals surface area contributed by atoms with Crippen molar-refractivity contribution in [2.45, 2.75) is 59.2 Å². The molecule has 4 nitrogen and oxygen atoms in total. The average molecular weight is 497 g/mol. The lowest BCUT2D eigenvalue weighted by Gasteiger charge is -2.12. The predicted molar refractivity (Wildman–Crippen MR) is 148 cm³/mol. The van der Waals surface area contributed by atoms with Gasteiger partial charge in [-0.2, -0.15) is 0 Å². The maximum Gasteiger partial charge on any atom is 0.333 e. The Balaban J connectivity index is 1.50. The van der Waals surface area contributed by atoms with E-state index in [1.54, 1.807) is 6.92 Å². The first kappa shape index (κ1) is 27.7. The van der Waals surface area contributed by atoms with Gasteiger partial charge in [-0.15, -0.1) is 0 Å². The van der Waals surface area contributed by atoms with Crippen molar-refractivity contribution in [3.8, 4) is 0 Å². The summed E-state index contributed by atoms with van der Waals surface area (Å²) in [6.07, 6.45) is 6.08. The van der Waals surface area contributed by atoms with Crippen LogP contribution in [0.2, 0.25) is 0 Å². The number of carbonyl (C=O) groups excluding carboxylic acids is 2. The zero-order valence-corrected chi connectivity index (χ0v) is 21.9. The molecule has 0 N–H and O–H groups in total. The zero-order valence-electron chi connectivity index (χ0n) is 21.9. The number of benzene rings is 3. The lowest BCUT2D eigenvalue weighted by atomic mass is 9.94. The van der Waals surface area contributed by atoms with Crippen LogP contribution in [0.15, 0.2) is 91.5 Å². The zero-order chi connectivity index (χ0) is 26.6. The molecule has 3 aromatic carbocycles. The summed E-state index contributed by atoms with van der Waals surface area (Å²) < 4.78 is 10.3. The maximum absolute atomic E-state index is 11.6. The third kappa shape index (κ3) is 8.91. The number of aryl methyl sites for hydroxylation is 5. The lowest BCUT2D eigenvalue weighted by Crippen LogP contribution is -2.05. The minimum atomic E-state index is -0.407. The van der Waals surface area contributed by atoms with Gasteiger partial charge in [-0.25, -0.2) is 9.59 Å². The van der Waals surface area contributed by atoms with E-state index in [0.717, 1.165) is 43.2 Å². The molecular weight excluding hydrogens is 460 g/mol. The van der Waals surface area contributed by atoms with E-state index < -0.39 is 5.97 Å². The number of carbonyl (C=O) groups is 2. The van der Waals surface area contributed by atoms with Crippen LogP contribution in [0.1, 0.15) is 52.8 Å². The fraction of sp³-hybridized carbons (Fsp3) is 0.273. The van der Waals surface area contributed by atoms with Crippen molar-refractivity contribution in [3.05, 3.63) is 130 Å². The van der Waals surface area contributed by atoms with Gasteiger partial charge in [0.05, 0.1) is 0 Å². The fourth-order valence-corrected chi connectivity index (χ4v) is 4.07. The topological polar surface area (TPSA) is 52.6 Å². The SMILES string of the molecule is C=CC(=O)OCc1ccc(CCc2ccc(CCc3ccc(COC(=O)C(=C)C)cc3)c(CC)c2)cc1. The smallest absolute Gasteiger partial charge is 0.333 e. The predicted octanol–water partition coefficient (Wildman–Crippen LogP) is 6.67. The van der Waals surface area contributed by atoms with Crippen molar-refractivity contribution in [1.82, 2.24) is 0 Å². The van der Waals surface area contributed by atoms with E-state index in [1.165, 1.54) is 33.9 Å². The monoisotopic (exact) mass is 496 g/mol. The summed E-state index contributed by atoms with van der Waals surface area (Å²) in [5.74, 6) is -0.766. The van der Waals surface area contributed by atoms with Crippen molar-refractivity contribution in [2.24, 2.45) is 0 Å². The summed E-state index contributed by atoms with van der Waals surface area (Å²) in [4.78, 5) is 22.8. The fourth-order valence-electron chi connectivity index (χ4n) is 4.07. The van der Waals surface area contributed by atoms with Crippen LogP contribution in [-0.2, 0) is 64.4 Å². The molecule has 0 atom stereocenters. The highest BCUT2D eigenvalue weighted by molar-refractivity contribution is 5.86. The number of hydrogen-bond acceptors (Lipinski definition) is 4. The summed E-state index contributed by atoms with van der Waals surface area (Å²) in [6, 6.07) is 23.3. The van der Waals surface area contributed by atoms with Gasteiger partial charge in [0.25, 0.3) is 0 Å². The quantitative estimate of drug-likeness (QED) is 0.196. The first-order valence-corrected chi connectivity index (χ1v) is 12.8. The molecule has 0 aliphatic rings. The van der Waals surface area contributed by atoms with Crippen molar-refractivity contribution in [1.29, 1.82) is 0 Å². The average Bonchev–Trinajstić information content (AvgIpc) is 2.93. The molecule has 0 bridgehead atoms. The Labute approximate surface area is 220 Å². The Morgan fingerprint density at radius 3 is 1.73 bits per heavy atom. The minimum absolute atomic E-state index is 0.265. The molecule has 0 unspecified atom stereocenters. The highest BCUT2D eigenvalue weighted by Gasteiger charge is 2.07. The van der Waals surface area contributed by atoms with Crippen LogP contribution in [0.3, 0.4) is 0 Å². The van der Waals surface area contributed by atoms with E-state index in [0.29, 0.717) is 5.57 Å². The van der Waals surface area contributed by atoms with Gasteiger partial charge in [-0.05, 0) is 78.0 Å². The molecule has 0 heterocycles. The largest absolute Gasteiger partial charge is 0.458 e. The molecule has 0 saturated heterocycles. The standard InChI is InChI=1S/C33H36O4/c1-5-30-21-27(12-7-25-8-13-28(14-9-25)22-36-32(34)6-2)18-20-31(30)19-17-26-10-15-29(16-11-26)23-37-33(35)24(3)4/h6,8-11,13-16,18,20-21H,2-3,5,7,12,17,19,22-23H2,1,4H3. The molecule has 3 aromatic rings. The second kappa shape index (κ2) is 14.0. The van der Waals surface area contributed by atoms with Crippen molar-refractivity contribution >= 4 is 11.9 Å². The first-order valence-electron chi connectivity index (χ1n) is 12.8. The third-order valence-corrected chi connectivity index (χ3v) is 6.35. The number of ether oxygens (including phenoxy) is 2. The Hall–Kier alpha value is -3.92. The molecule has 0 saturated carbocycles. The molecular formula is C33H36O4. The van der Waals surface area contributed by atoms with Gasteiger partial charge in [-0.3, -0.25) is 0 Å². The van der Waals surface area contributed by atoms with Crippen molar-refractivity contribution in [2.75, 3.05) is 0 Å². The van der Waals surface area contributed by atoms with Gasteiger partial charge in [-0.1, -0.05) is 86.8 Å². The van der Waals surface area contributed by atoms with Crippen LogP contribution >= 0.6 is 0 Å². The maximum atomic E-state index is 11.6. The Morgan fingerprint density at radius 1 is 0.703 bits per heavy atom. The van der Waals surface area contributed by atoms with Crippen molar-refractivity contribution < 1.29 is 19.1 Å². The molecule has 192 valence electrons. The van der Waals surface area contributed by atoms with Crippen LogP contribution in [0, 0.1) is 0 Å². The van der Waals surface area contributed by atoms with Gasteiger partial charge < -0.3 is 9.47 Å². The molecule has 4 heteroatoms. The second-order valence-electron chi connectivity index (χ2n) is 9.26. The van der Waals surface area contributed by atoms with Crippen LogP contribution in [0.5, 0.6) is 0 Å². The van der Waals surface area contributed by atoms with E-state index in [4.69, 9.17) is 9.47 Å². The lowest BCUT2D eigenvalue weighted by molar-refractivity contribution is -0.140.